The molecule has 3 rings (SSSR count). The van der Waals surface area contributed by atoms with Crippen LogP contribution in [0.15, 0.2) is 77.7 Å². The zero-order chi connectivity index (χ0) is 29.4. The second-order valence-corrected chi connectivity index (χ2v) is 12.3. The summed E-state index contributed by atoms with van der Waals surface area (Å²) in [5.41, 5.74) is 1.61. The highest BCUT2D eigenvalue weighted by Crippen LogP contribution is 2.31. The minimum atomic E-state index is -4.22. The minimum Gasteiger partial charge on any atom is -0.354 e. The lowest BCUT2D eigenvalue weighted by Crippen LogP contribution is -2.52. The summed E-state index contributed by atoms with van der Waals surface area (Å²) in [5.74, 6) is -1.20. The molecule has 1 atom stereocenters. The van der Waals surface area contributed by atoms with Gasteiger partial charge in [0.15, 0.2) is 0 Å². The van der Waals surface area contributed by atoms with Gasteiger partial charge < -0.3 is 10.2 Å². The normalized spacial score (nSPS) is 12.2. The van der Waals surface area contributed by atoms with Gasteiger partial charge >= 0.3 is 0 Å². The van der Waals surface area contributed by atoms with Crippen LogP contribution in [0, 0.1) is 18.7 Å². The maximum absolute atomic E-state index is 14.0. The minimum absolute atomic E-state index is 0.00220. The van der Waals surface area contributed by atoms with Gasteiger partial charge in [-0.25, -0.2) is 12.8 Å². The van der Waals surface area contributed by atoms with Crippen LogP contribution < -0.4 is 9.62 Å². The van der Waals surface area contributed by atoms with Crippen molar-refractivity contribution >= 4 is 39.1 Å². The van der Waals surface area contributed by atoms with E-state index in [9.17, 15) is 22.4 Å². The molecule has 7 nitrogen and oxygen atoms in total. The van der Waals surface area contributed by atoms with Crippen molar-refractivity contribution < 1.29 is 22.4 Å². The van der Waals surface area contributed by atoms with Gasteiger partial charge in [0.25, 0.3) is 10.0 Å². The number of hydrogen-bond donors (Lipinski definition) is 1. The molecule has 0 aromatic heterocycles. The zero-order valence-electron chi connectivity index (χ0n) is 23.1. The van der Waals surface area contributed by atoms with Crippen LogP contribution in [0.1, 0.15) is 38.3 Å². The van der Waals surface area contributed by atoms with Crippen molar-refractivity contribution in [2.45, 2.75) is 51.6 Å². The van der Waals surface area contributed by atoms with E-state index in [0.717, 1.165) is 9.87 Å². The van der Waals surface area contributed by atoms with Crippen LogP contribution >= 0.6 is 11.6 Å². The van der Waals surface area contributed by atoms with Gasteiger partial charge in [0.05, 0.1) is 15.6 Å². The van der Waals surface area contributed by atoms with Crippen molar-refractivity contribution in [1.29, 1.82) is 0 Å². The Morgan fingerprint density at radius 1 is 0.975 bits per heavy atom. The molecule has 40 heavy (non-hydrogen) atoms. The molecule has 0 saturated heterocycles. The van der Waals surface area contributed by atoms with Crippen LogP contribution in [0.25, 0.3) is 0 Å². The Hall–Kier alpha value is -3.43. The van der Waals surface area contributed by atoms with Gasteiger partial charge in [-0.2, -0.15) is 0 Å². The Kier molecular flexibility index (Phi) is 10.7. The number of carbonyl (C=O) groups excluding carboxylic acids is 2. The lowest BCUT2D eigenvalue weighted by molar-refractivity contribution is -0.140. The van der Waals surface area contributed by atoms with Gasteiger partial charge in [-0.1, -0.05) is 74.3 Å². The van der Waals surface area contributed by atoms with Crippen molar-refractivity contribution in [3.05, 3.63) is 94.8 Å². The molecule has 0 spiro atoms. The Morgan fingerprint density at radius 2 is 1.60 bits per heavy atom. The number of aryl methyl sites for hydroxylation is 1. The molecule has 0 radical (unpaired) electrons. The van der Waals surface area contributed by atoms with Crippen molar-refractivity contribution in [2.24, 2.45) is 5.92 Å². The summed E-state index contributed by atoms with van der Waals surface area (Å²) < 4.78 is 42.3. The van der Waals surface area contributed by atoms with E-state index < -0.39 is 34.3 Å². The standard InChI is InChI=1S/C30H35ClFN3O4S/c1-5-27(30(37)33-18-21(2)3)34(19-23-12-14-24(32)15-13-23)29(36)20-35(28-9-7-6-8-26(28)31)40(38,39)25-16-10-22(4)11-17-25/h6-17,21,27H,5,18-20H2,1-4H3,(H,33,37)/t27-/m1/s1. The Balaban J connectivity index is 2.05. The van der Waals surface area contributed by atoms with Gasteiger partial charge in [-0.3, -0.25) is 13.9 Å². The largest absolute Gasteiger partial charge is 0.354 e. The summed E-state index contributed by atoms with van der Waals surface area (Å²) in [5, 5.41) is 3.02. The molecule has 0 aliphatic carbocycles. The molecule has 3 aromatic rings. The van der Waals surface area contributed by atoms with Crippen LogP contribution in [0.2, 0.25) is 5.02 Å². The fourth-order valence-electron chi connectivity index (χ4n) is 4.13. The quantitative estimate of drug-likeness (QED) is 0.300. The molecule has 0 aliphatic rings. The van der Waals surface area contributed by atoms with Gasteiger partial charge in [0.2, 0.25) is 11.8 Å². The zero-order valence-corrected chi connectivity index (χ0v) is 24.7. The van der Waals surface area contributed by atoms with Crippen molar-refractivity contribution in [3.63, 3.8) is 0 Å². The number of halogens is 2. The van der Waals surface area contributed by atoms with E-state index in [1.807, 2.05) is 20.8 Å². The van der Waals surface area contributed by atoms with E-state index in [1.165, 1.54) is 47.4 Å². The van der Waals surface area contributed by atoms with Crippen LogP contribution in [-0.2, 0) is 26.2 Å². The number of anilines is 1. The fraction of sp³-hybridized carbons (Fsp3) is 0.333. The number of sulfonamides is 1. The number of carbonyl (C=O) groups is 2. The second-order valence-electron chi connectivity index (χ2n) is 9.99. The maximum atomic E-state index is 14.0. The summed E-state index contributed by atoms with van der Waals surface area (Å²) >= 11 is 6.43. The third-order valence-corrected chi connectivity index (χ3v) is 8.44. The van der Waals surface area contributed by atoms with Crippen molar-refractivity contribution in [3.8, 4) is 0 Å². The predicted octanol–water partition coefficient (Wildman–Crippen LogP) is 5.56. The molecule has 0 aliphatic heterocycles. The van der Waals surface area contributed by atoms with Crippen LogP contribution in [-0.4, -0.2) is 44.3 Å². The highest BCUT2D eigenvalue weighted by atomic mass is 35.5. The first kappa shape index (κ1) is 31.1. The van der Waals surface area contributed by atoms with Gasteiger partial charge in [-0.05, 0) is 61.2 Å². The van der Waals surface area contributed by atoms with Gasteiger partial charge in [0.1, 0.15) is 18.4 Å². The van der Waals surface area contributed by atoms with Crippen LogP contribution in [0.5, 0.6) is 0 Å². The maximum Gasteiger partial charge on any atom is 0.264 e. The molecular weight excluding hydrogens is 553 g/mol. The summed E-state index contributed by atoms with van der Waals surface area (Å²) in [6.07, 6.45) is 0.285. The molecule has 1 N–H and O–H groups in total. The third-order valence-electron chi connectivity index (χ3n) is 6.35. The van der Waals surface area contributed by atoms with E-state index in [1.54, 1.807) is 37.3 Å². The monoisotopic (exact) mass is 587 g/mol. The van der Waals surface area contributed by atoms with Crippen LogP contribution in [0.4, 0.5) is 10.1 Å². The average molecular weight is 588 g/mol. The Bertz CT molecular complexity index is 1410. The summed E-state index contributed by atoms with van der Waals surface area (Å²) in [6.45, 7) is 7.33. The highest BCUT2D eigenvalue weighted by Gasteiger charge is 2.34. The Morgan fingerprint density at radius 3 is 2.17 bits per heavy atom. The highest BCUT2D eigenvalue weighted by molar-refractivity contribution is 7.92. The summed E-state index contributed by atoms with van der Waals surface area (Å²) in [4.78, 5) is 28.6. The molecule has 3 aromatic carbocycles. The van der Waals surface area contributed by atoms with Crippen molar-refractivity contribution in [2.75, 3.05) is 17.4 Å². The second kappa shape index (κ2) is 13.8. The van der Waals surface area contributed by atoms with Crippen molar-refractivity contribution in [1.82, 2.24) is 10.2 Å². The molecule has 0 fully saturated rings. The van der Waals surface area contributed by atoms with Gasteiger partial charge in [-0.15, -0.1) is 0 Å². The summed E-state index contributed by atoms with van der Waals surface area (Å²) in [7, 11) is -4.22. The summed E-state index contributed by atoms with van der Waals surface area (Å²) in [6, 6.07) is 17.4. The number of benzene rings is 3. The molecular formula is C30H35ClFN3O4S. The SMILES string of the molecule is CC[C@H](C(=O)NCC(C)C)N(Cc1ccc(F)cc1)C(=O)CN(c1ccccc1Cl)S(=O)(=O)c1ccc(C)cc1. The number of hydrogen-bond acceptors (Lipinski definition) is 4. The number of nitrogens with one attached hydrogen (secondary N) is 1. The molecule has 0 unspecified atom stereocenters. The number of para-hydroxylation sites is 1. The van der Waals surface area contributed by atoms with E-state index >= 15 is 0 Å². The fourth-order valence-corrected chi connectivity index (χ4v) is 5.85. The molecule has 214 valence electrons. The first-order valence-electron chi connectivity index (χ1n) is 13.1. The first-order valence-corrected chi connectivity index (χ1v) is 14.9. The lowest BCUT2D eigenvalue weighted by atomic mass is 10.1. The number of rotatable bonds is 12. The van der Waals surface area contributed by atoms with E-state index in [2.05, 4.69) is 5.32 Å². The molecule has 0 heterocycles. The lowest BCUT2D eigenvalue weighted by Gasteiger charge is -2.33. The van der Waals surface area contributed by atoms with E-state index in [-0.39, 0.29) is 40.4 Å². The van der Waals surface area contributed by atoms with Gasteiger partial charge in [0, 0.05) is 13.1 Å². The van der Waals surface area contributed by atoms with Crippen LogP contribution in [0.3, 0.4) is 0 Å². The molecule has 0 saturated carbocycles. The number of amides is 2. The molecule has 0 bridgehead atoms. The smallest absolute Gasteiger partial charge is 0.264 e. The first-order chi connectivity index (χ1) is 18.9. The average Bonchev–Trinajstić information content (AvgIpc) is 2.92. The van der Waals surface area contributed by atoms with E-state index in [0.29, 0.717) is 12.1 Å². The topological polar surface area (TPSA) is 86.8 Å². The third kappa shape index (κ3) is 7.82. The predicted molar refractivity (Wildman–Crippen MR) is 156 cm³/mol. The number of nitrogens with zero attached hydrogens (tertiary/aromatic N) is 2. The van der Waals surface area contributed by atoms with E-state index in [4.69, 9.17) is 11.6 Å². The Labute approximate surface area is 241 Å². The molecule has 10 heteroatoms. The molecule has 2 amide bonds.